The van der Waals surface area contributed by atoms with E-state index in [9.17, 15) is 10.5 Å². The molecule has 8 aromatic carbocycles. The molecule has 5 heteroatoms. The van der Waals surface area contributed by atoms with Crippen molar-refractivity contribution in [3.05, 3.63) is 198 Å². The third-order valence-electron chi connectivity index (χ3n) is 11.1. The quantitative estimate of drug-likeness (QED) is 0.166. The molecule has 0 N–H and O–H groups in total. The van der Waals surface area contributed by atoms with E-state index in [1.165, 1.54) is 0 Å². The van der Waals surface area contributed by atoms with E-state index in [1.54, 1.807) is 0 Å². The Bertz CT molecular complexity index is 3410. The Labute approximate surface area is 329 Å². The van der Waals surface area contributed by atoms with Gasteiger partial charge in [-0.1, -0.05) is 91.0 Å². The van der Waals surface area contributed by atoms with Crippen molar-refractivity contribution in [3.8, 4) is 56.9 Å². The predicted octanol–water partition coefficient (Wildman–Crippen LogP) is 13.5. The van der Waals surface area contributed by atoms with Crippen LogP contribution in [0.15, 0.2) is 170 Å². The van der Waals surface area contributed by atoms with Gasteiger partial charge in [0.2, 0.25) is 0 Å². The Morgan fingerprint density at radius 2 is 0.912 bits per heavy atom. The molecule has 0 amide bonds. The first-order valence-corrected chi connectivity index (χ1v) is 18.7. The van der Waals surface area contributed by atoms with Crippen LogP contribution in [0, 0.1) is 36.2 Å². The summed E-state index contributed by atoms with van der Waals surface area (Å²) in [4.78, 5) is 3.68. The number of hydrogen-bond donors (Lipinski definition) is 0. The fraction of sp³-hybridized carbons (Fsp3) is 0.0192. The molecular weight excluding hydrogens is 695 g/mol. The summed E-state index contributed by atoms with van der Waals surface area (Å²) < 4.78 is 4.75. The normalized spacial score (nSPS) is 11.2. The van der Waals surface area contributed by atoms with Gasteiger partial charge in [0.1, 0.15) is 0 Å². The Hall–Kier alpha value is -8.17. The van der Waals surface area contributed by atoms with Crippen molar-refractivity contribution in [2.24, 2.45) is 0 Å². The lowest BCUT2D eigenvalue weighted by Gasteiger charge is -2.20. The molecule has 0 radical (unpaired) electrons. The molecule has 57 heavy (non-hydrogen) atoms. The summed E-state index contributed by atoms with van der Waals surface area (Å²) in [6.07, 6.45) is 0. The molecule has 10 aromatic rings. The third-order valence-corrected chi connectivity index (χ3v) is 11.1. The predicted molar refractivity (Wildman–Crippen MR) is 232 cm³/mol. The number of nitrogens with zero attached hydrogens (tertiary/aromatic N) is 5. The van der Waals surface area contributed by atoms with Crippen molar-refractivity contribution < 1.29 is 0 Å². The molecule has 0 unspecified atom stereocenters. The van der Waals surface area contributed by atoms with E-state index >= 15 is 0 Å². The summed E-state index contributed by atoms with van der Waals surface area (Å²) in [5, 5.41) is 24.0. The molecule has 0 bridgehead atoms. The summed E-state index contributed by atoms with van der Waals surface area (Å²) in [5.74, 6) is 0. The van der Waals surface area contributed by atoms with E-state index < -0.39 is 0 Å². The van der Waals surface area contributed by atoms with E-state index in [0.717, 1.165) is 93.9 Å². The Morgan fingerprint density at radius 1 is 0.439 bits per heavy atom. The number of aryl methyl sites for hydroxylation is 1. The van der Waals surface area contributed by atoms with E-state index in [1.807, 2.05) is 54.6 Å². The summed E-state index contributed by atoms with van der Waals surface area (Å²) >= 11 is 0. The Balaban J connectivity index is 1.29. The molecule has 5 nitrogen and oxygen atoms in total. The highest BCUT2D eigenvalue weighted by Crippen LogP contribution is 2.42. The van der Waals surface area contributed by atoms with E-state index in [0.29, 0.717) is 16.8 Å². The number of benzene rings is 8. The first kappa shape index (κ1) is 33.4. The summed E-state index contributed by atoms with van der Waals surface area (Å²) in [7, 11) is 0. The second kappa shape index (κ2) is 13.3. The molecule has 0 aliphatic heterocycles. The maximum Gasteiger partial charge on any atom is 0.187 e. The van der Waals surface area contributed by atoms with Crippen molar-refractivity contribution in [1.82, 2.24) is 9.13 Å². The summed E-state index contributed by atoms with van der Waals surface area (Å²) in [6.45, 7) is 9.74. The average molecular weight is 726 g/mol. The van der Waals surface area contributed by atoms with Gasteiger partial charge in [0, 0.05) is 21.5 Å². The van der Waals surface area contributed by atoms with Gasteiger partial charge in [-0.05, 0) is 125 Å². The molecular formula is C52H31N5. The SMILES string of the molecule is [C-]#[N+]c1cccc(-c2ccc3c(c2)c2ccccc2n3-c2cc(-c3cccc(C#N)c3)c(C)cc2-n2c3ccccc3c3cc(-c4cccc(C#N)c4)ccc32)c1. The zero-order chi connectivity index (χ0) is 38.6. The fourth-order valence-corrected chi connectivity index (χ4v) is 8.45. The standard InChI is InChI=1S/C52H31N5/c1-33-24-51(56-47-18-5-3-16-42(47)45-28-38(20-22-49(45)56)36-12-7-10-34(25-36)31-53)52(30-44(33)40-14-8-11-35(26-40)32-54)57-48-19-6-4-17-43(48)46-29-39(21-23-50(46)57)37-13-9-15-41(27-37)55-2/h3-30H,1H3. The molecule has 0 aliphatic carbocycles. The van der Waals surface area contributed by atoms with Crippen LogP contribution in [0.3, 0.4) is 0 Å². The van der Waals surface area contributed by atoms with E-state index in [4.69, 9.17) is 6.57 Å². The second-order valence-electron chi connectivity index (χ2n) is 14.4. The van der Waals surface area contributed by atoms with Crippen LogP contribution in [-0.4, -0.2) is 9.13 Å². The van der Waals surface area contributed by atoms with Crippen molar-refractivity contribution in [3.63, 3.8) is 0 Å². The molecule has 10 rings (SSSR count). The number of fused-ring (bicyclic) bond motifs is 6. The topological polar surface area (TPSA) is 61.8 Å². The van der Waals surface area contributed by atoms with Crippen LogP contribution in [0.25, 0.3) is 93.2 Å². The number of rotatable bonds is 5. The highest BCUT2D eigenvalue weighted by atomic mass is 15.1. The van der Waals surface area contributed by atoms with Gasteiger partial charge in [0.05, 0.1) is 63.3 Å². The fourth-order valence-electron chi connectivity index (χ4n) is 8.45. The lowest BCUT2D eigenvalue weighted by Crippen LogP contribution is -2.05. The summed E-state index contributed by atoms with van der Waals surface area (Å²) in [5.41, 5.74) is 15.4. The molecule has 264 valence electrons. The van der Waals surface area contributed by atoms with Crippen LogP contribution in [-0.2, 0) is 0 Å². The molecule has 0 atom stereocenters. The minimum atomic E-state index is 0.612. The zero-order valence-electron chi connectivity index (χ0n) is 30.9. The van der Waals surface area contributed by atoms with E-state index in [-0.39, 0.29) is 0 Å². The van der Waals surface area contributed by atoms with Crippen LogP contribution in [0.1, 0.15) is 16.7 Å². The molecule has 0 fully saturated rings. The average Bonchev–Trinajstić information content (AvgIpc) is 3.78. The highest BCUT2D eigenvalue weighted by molar-refractivity contribution is 6.13. The van der Waals surface area contributed by atoms with Crippen LogP contribution >= 0.6 is 0 Å². The van der Waals surface area contributed by atoms with Crippen molar-refractivity contribution in [2.45, 2.75) is 6.92 Å². The molecule has 0 spiro atoms. The van der Waals surface area contributed by atoms with Gasteiger partial charge in [-0.2, -0.15) is 10.5 Å². The van der Waals surface area contributed by atoms with Gasteiger partial charge in [-0.15, -0.1) is 0 Å². The molecule has 2 heterocycles. The van der Waals surface area contributed by atoms with Gasteiger partial charge in [0.15, 0.2) is 5.69 Å². The first-order chi connectivity index (χ1) is 28.0. The lowest BCUT2D eigenvalue weighted by molar-refractivity contribution is 1.09. The highest BCUT2D eigenvalue weighted by Gasteiger charge is 2.22. The third kappa shape index (κ3) is 5.45. The lowest BCUT2D eigenvalue weighted by atomic mass is 9.97. The molecule has 0 aliphatic rings. The number of aromatic nitrogens is 2. The monoisotopic (exact) mass is 725 g/mol. The van der Waals surface area contributed by atoms with Crippen molar-refractivity contribution in [2.75, 3.05) is 0 Å². The number of hydrogen-bond acceptors (Lipinski definition) is 2. The van der Waals surface area contributed by atoms with Crippen LogP contribution in [0.5, 0.6) is 0 Å². The van der Waals surface area contributed by atoms with Crippen molar-refractivity contribution >= 4 is 49.3 Å². The maximum atomic E-state index is 9.86. The van der Waals surface area contributed by atoms with Gasteiger partial charge in [-0.3, -0.25) is 0 Å². The minimum Gasteiger partial charge on any atom is -0.307 e. The van der Waals surface area contributed by atoms with Gasteiger partial charge >= 0.3 is 0 Å². The first-order valence-electron chi connectivity index (χ1n) is 18.7. The van der Waals surface area contributed by atoms with Crippen LogP contribution in [0.4, 0.5) is 5.69 Å². The molecule has 2 aromatic heterocycles. The summed E-state index contributed by atoms with van der Waals surface area (Å²) in [6, 6.07) is 62.8. The molecule has 0 saturated carbocycles. The number of nitriles is 2. The van der Waals surface area contributed by atoms with Crippen LogP contribution in [0.2, 0.25) is 0 Å². The van der Waals surface area contributed by atoms with Crippen molar-refractivity contribution in [1.29, 1.82) is 10.5 Å². The Kier molecular flexibility index (Phi) is 7.79. The van der Waals surface area contributed by atoms with E-state index in [2.05, 4.69) is 148 Å². The van der Waals surface area contributed by atoms with Gasteiger partial charge < -0.3 is 9.13 Å². The largest absolute Gasteiger partial charge is 0.307 e. The minimum absolute atomic E-state index is 0.612. The smallest absolute Gasteiger partial charge is 0.187 e. The van der Waals surface area contributed by atoms with Gasteiger partial charge in [-0.25, -0.2) is 4.85 Å². The zero-order valence-corrected chi connectivity index (χ0v) is 30.9. The second-order valence-corrected chi connectivity index (χ2v) is 14.4. The van der Waals surface area contributed by atoms with Crippen LogP contribution < -0.4 is 0 Å². The maximum absolute atomic E-state index is 9.86. The number of para-hydroxylation sites is 2. The Morgan fingerprint density at radius 3 is 1.49 bits per heavy atom. The molecule has 0 saturated heterocycles. The van der Waals surface area contributed by atoms with Gasteiger partial charge in [0.25, 0.3) is 0 Å².